The van der Waals surface area contributed by atoms with E-state index in [2.05, 4.69) is 10.1 Å². The molecule has 0 unspecified atom stereocenters. The highest BCUT2D eigenvalue weighted by molar-refractivity contribution is 5.73. The highest BCUT2D eigenvalue weighted by Gasteiger charge is 2.11. The fraction of sp³-hybridized carbons (Fsp3) is 0.750. The maximum Gasteiger partial charge on any atom is 0.323 e. The molecule has 0 aromatic rings. The fourth-order valence-corrected chi connectivity index (χ4v) is 0.544. The number of hydrogen-bond acceptors (Lipinski definition) is 6. The average molecular weight is 238 g/mol. The van der Waals surface area contributed by atoms with Crippen LogP contribution in [0.4, 0.5) is 0 Å². The van der Waals surface area contributed by atoms with Gasteiger partial charge in [-0.05, 0) is 7.05 Å². The lowest BCUT2D eigenvalue weighted by Gasteiger charge is -2.04. The molecule has 2 atom stereocenters. The van der Waals surface area contributed by atoms with Gasteiger partial charge in [-0.15, -0.1) is 0 Å². The molecule has 0 bridgehead atoms. The Morgan fingerprint density at radius 1 is 1.38 bits per heavy atom. The van der Waals surface area contributed by atoms with E-state index in [1.165, 1.54) is 14.2 Å². The molecule has 0 saturated heterocycles. The van der Waals surface area contributed by atoms with Crippen molar-refractivity contribution in [2.45, 2.75) is 12.1 Å². The third-order valence-electron chi connectivity index (χ3n) is 1.49. The molecule has 0 amide bonds. The molecule has 0 aliphatic carbocycles. The molecule has 0 aliphatic rings. The van der Waals surface area contributed by atoms with E-state index in [0.29, 0.717) is 0 Å². The lowest BCUT2D eigenvalue weighted by atomic mass is 10.3. The maximum absolute atomic E-state index is 9.94. The first-order chi connectivity index (χ1) is 7.40. The Morgan fingerprint density at radius 2 is 1.88 bits per heavy atom. The average Bonchev–Trinajstić information content (AvgIpc) is 2.20. The molecule has 0 aromatic carbocycles. The Kier molecular flexibility index (Phi) is 11.1. The van der Waals surface area contributed by atoms with Crippen molar-refractivity contribution in [3.05, 3.63) is 0 Å². The van der Waals surface area contributed by atoms with E-state index in [1.807, 2.05) is 0 Å². The maximum atomic E-state index is 9.94. The highest BCUT2D eigenvalue weighted by atomic mass is 16.5. The number of aliphatic carboxylic acids is 2. The summed E-state index contributed by atoms with van der Waals surface area (Å²) in [6.45, 7) is -0.304. The number of methoxy groups -OCH3 is 1. The SMILES string of the molecule is CN[C@@H](CO)C(=O)O.COC[C@H](N)C(=O)O. The molecule has 0 radical (unpaired) electrons. The topological polar surface area (TPSA) is 142 Å². The summed E-state index contributed by atoms with van der Waals surface area (Å²) in [6.07, 6.45) is 0. The van der Waals surface area contributed by atoms with Crippen molar-refractivity contribution in [1.29, 1.82) is 0 Å². The number of carboxylic acid groups (broad SMARTS) is 2. The summed E-state index contributed by atoms with van der Waals surface area (Å²) in [7, 11) is 2.89. The van der Waals surface area contributed by atoms with E-state index in [9.17, 15) is 9.59 Å². The third kappa shape index (κ3) is 9.34. The van der Waals surface area contributed by atoms with E-state index >= 15 is 0 Å². The second kappa shape index (κ2) is 10.3. The van der Waals surface area contributed by atoms with Crippen LogP contribution in [-0.4, -0.2) is 66.7 Å². The molecule has 0 heterocycles. The predicted octanol–water partition coefficient (Wildman–Crippen LogP) is -2.30. The Hall–Kier alpha value is -1.22. The summed E-state index contributed by atoms with van der Waals surface area (Å²) in [6, 6.07) is -1.71. The second-order valence-corrected chi connectivity index (χ2v) is 2.76. The largest absolute Gasteiger partial charge is 0.480 e. The van der Waals surface area contributed by atoms with E-state index in [4.69, 9.17) is 21.1 Å². The Morgan fingerprint density at radius 3 is 1.94 bits per heavy atom. The molecule has 0 aromatic heterocycles. The van der Waals surface area contributed by atoms with Gasteiger partial charge in [-0.2, -0.15) is 0 Å². The van der Waals surface area contributed by atoms with Gasteiger partial charge in [0.05, 0.1) is 13.2 Å². The van der Waals surface area contributed by atoms with Gasteiger partial charge in [0, 0.05) is 7.11 Å². The summed E-state index contributed by atoms with van der Waals surface area (Å²) >= 11 is 0. The third-order valence-corrected chi connectivity index (χ3v) is 1.49. The Balaban J connectivity index is 0. The number of rotatable bonds is 6. The van der Waals surface area contributed by atoms with Crippen LogP contribution in [0.5, 0.6) is 0 Å². The van der Waals surface area contributed by atoms with Crippen LogP contribution in [0.15, 0.2) is 0 Å². The second-order valence-electron chi connectivity index (χ2n) is 2.76. The summed E-state index contributed by atoms with van der Waals surface area (Å²) < 4.78 is 4.46. The zero-order chi connectivity index (χ0) is 13.1. The van der Waals surface area contributed by atoms with Crippen molar-refractivity contribution in [3.63, 3.8) is 0 Å². The Labute approximate surface area is 93.0 Å². The molecular weight excluding hydrogens is 220 g/mol. The van der Waals surface area contributed by atoms with Crippen molar-refractivity contribution in [1.82, 2.24) is 5.32 Å². The molecule has 0 spiro atoms. The number of nitrogens with two attached hydrogens (primary N) is 1. The zero-order valence-corrected chi connectivity index (χ0v) is 9.21. The number of aliphatic hydroxyl groups is 1. The van der Waals surface area contributed by atoms with Crippen molar-refractivity contribution in [2.75, 3.05) is 27.4 Å². The summed E-state index contributed by atoms with van der Waals surface area (Å²) in [5.74, 6) is -2.07. The molecule has 0 saturated carbocycles. The smallest absolute Gasteiger partial charge is 0.323 e. The van der Waals surface area contributed by atoms with Crippen molar-refractivity contribution in [2.24, 2.45) is 5.73 Å². The minimum atomic E-state index is -1.04. The van der Waals surface area contributed by atoms with E-state index in [-0.39, 0.29) is 13.2 Å². The number of carbonyl (C=O) groups is 2. The van der Waals surface area contributed by atoms with Gasteiger partial charge < -0.3 is 31.1 Å². The zero-order valence-electron chi connectivity index (χ0n) is 9.21. The van der Waals surface area contributed by atoms with Gasteiger partial charge in [-0.25, -0.2) is 0 Å². The molecule has 96 valence electrons. The minimum absolute atomic E-state index is 0.0648. The monoisotopic (exact) mass is 238 g/mol. The van der Waals surface area contributed by atoms with Gasteiger partial charge in [0.15, 0.2) is 0 Å². The number of nitrogens with one attached hydrogen (secondary N) is 1. The lowest BCUT2D eigenvalue weighted by Crippen LogP contribution is -2.36. The van der Waals surface area contributed by atoms with Gasteiger partial charge in [0.1, 0.15) is 12.1 Å². The van der Waals surface area contributed by atoms with Crippen molar-refractivity contribution in [3.8, 4) is 0 Å². The molecule has 0 rings (SSSR count). The molecule has 6 N–H and O–H groups in total. The van der Waals surface area contributed by atoms with E-state index < -0.39 is 24.0 Å². The van der Waals surface area contributed by atoms with Crippen molar-refractivity contribution < 1.29 is 29.6 Å². The van der Waals surface area contributed by atoms with Crippen LogP contribution >= 0.6 is 0 Å². The van der Waals surface area contributed by atoms with Crippen LogP contribution in [0, 0.1) is 0 Å². The summed E-state index contributed by atoms with van der Waals surface area (Å²) in [5, 5.41) is 26.9. The van der Waals surface area contributed by atoms with Crippen LogP contribution in [0.25, 0.3) is 0 Å². The van der Waals surface area contributed by atoms with E-state index in [0.717, 1.165) is 0 Å². The summed E-state index contributed by atoms with van der Waals surface area (Å²) in [4.78, 5) is 19.8. The first-order valence-electron chi connectivity index (χ1n) is 4.38. The fourth-order valence-electron chi connectivity index (χ4n) is 0.544. The molecule has 0 aliphatic heterocycles. The van der Waals surface area contributed by atoms with Crippen LogP contribution in [-0.2, 0) is 14.3 Å². The number of aliphatic hydroxyl groups excluding tert-OH is 1. The molecule has 8 heteroatoms. The molecule has 8 nitrogen and oxygen atoms in total. The van der Waals surface area contributed by atoms with Gasteiger partial charge >= 0.3 is 11.9 Å². The van der Waals surface area contributed by atoms with Gasteiger partial charge in [0.2, 0.25) is 0 Å². The van der Waals surface area contributed by atoms with Crippen molar-refractivity contribution >= 4 is 11.9 Å². The lowest BCUT2D eigenvalue weighted by molar-refractivity contribution is -0.141. The normalized spacial score (nSPS) is 13.2. The van der Waals surface area contributed by atoms with Crippen LogP contribution in [0.2, 0.25) is 0 Å². The molecule has 16 heavy (non-hydrogen) atoms. The number of likely N-dealkylation sites (N-methyl/N-ethyl adjacent to an activating group) is 1. The van der Waals surface area contributed by atoms with Crippen LogP contribution in [0.1, 0.15) is 0 Å². The molecule has 0 fully saturated rings. The quantitative estimate of drug-likeness (QED) is 0.347. The van der Waals surface area contributed by atoms with Gasteiger partial charge in [-0.1, -0.05) is 0 Å². The number of hydrogen-bond donors (Lipinski definition) is 5. The number of carboxylic acids is 2. The summed E-state index contributed by atoms with van der Waals surface area (Å²) in [5.41, 5.74) is 5.00. The molecular formula is C8H18N2O6. The van der Waals surface area contributed by atoms with E-state index in [1.54, 1.807) is 0 Å². The van der Waals surface area contributed by atoms with Crippen LogP contribution < -0.4 is 11.1 Å². The highest BCUT2D eigenvalue weighted by Crippen LogP contribution is 1.77. The van der Waals surface area contributed by atoms with Gasteiger partial charge in [-0.3, -0.25) is 9.59 Å². The number of ether oxygens (including phenoxy) is 1. The Bertz CT molecular complexity index is 207. The first-order valence-corrected chi connectivity index (χ1v) is 4.38. The van der Waals surface area contributed by atoms with Crippen LogP contribution in [0.3, 0.4) is 0 Å². The minimum Gasteiger partial charge on any atom is -0.480 e. The standard InChI is InChI=1S/2C4H9NO3/c1-8-2-3(5)4(6)7;1-5-3(2-6)4(7)8/h3H,2,5H2,1H3,(H,6,7);3,5-6H,2H2,1H3,(H,7,8)/t2*3-/m00/s1. The predicted molar refractivity (Wildman–Crippen MR) is 55.1 cm³/mol. The van der Waals surface area contributed by atoms with Gasteiger partial charge in [0.25, 0.3) is 0 Å². The first kappa shape index (κ1) is 17.2.